The van der Waals surface area contributed by atoms with Gasteiger partial charge in [0.1, 0.15) is 16.8 Å². The predicted octanol–water partition coefficient (Wildman–Crippen LogP) is 3.27. The first-order chi connectivity index (χ1) is 14.4. The average molecular weight is 429 g/mol. The van der Waals surface area contributed by atoms with Crippen molar-refractivity contribution in [1.29, 1.82) is 0 Å². The topological polar surface area (TPSA) is 69.4 Å². The van der Waals surface area contributed by atoms with Crippen molar-refractivity contribution in [1.82, 2.24) is 19.0 Å². The summed E-state index contributed by atoms with van der Waals surface area (Å²) in [5.74, 6) is 1.81. The van der Waals surface area contributed by atoms with E-state index in [-0.39, 0.29) is 11.5 Å². The lowest BCUT2D eigenvalue weighted by Gasteiger charge is -2.30. The van der Waals surface area contributed by atoms with Crippen molar-refractivity contribution in [2.24, 2.45) is 13.0 Å². The largest absolute Gasteiger partial charge is 0.497 e. The van der Waals surface area contributed by atoms with Gasteiger partial charge in [-0.2, -0.15) is 0 Å². The predicted molar refractivity (Wildman–Crippen MR) is 120 cm³/mol. The van der Waals surface area contributed by atoms with Gasteiger partial charge in [-0.05, 0) is 43.9 Å². The first-order valence-electron chi connectivity index (χ1n) is 10.4. The van der Waals surface area contributed by atoms with E-state index in [0.29, 0.717) is 34.4 Å². The Bertz CT molecular complexity index is 1160. The molecule has 0 radical (unpaired) electrons. The molecule has 0 saturated carbocycles. The Labute approximate surface area is 180 Å². The van der Waals surface area contributed by atoms with Gasteiger partial charge in [-0.15, -0.1) is 0 Å². The smallest absolute Gasteiger partial charge is 0.278 e. The maximum absolute atomic E-state index is 13.3. The summed E-state index contributed by atoms with van der Waals surface area (Å²) >= 11 is 1.35. The number of piperidine rings is 1. The molecular weight excluding hydrogens is 400 g/mol. The maximum Gasteiger partial charge on any atom is 0.278 e. The van der Waals surface area contributed by atoms with Crippen LogP contribution in [-0.2, 0) is 18.4 Å². The highest BCUT2D eigenvalue weighted by Gasteiger charge is 2.22. The third-order valence-electron chi connectivity index (χ3n) is 6.04. The second kappa shape index (κ2) is 8.34. The monoisotopic (exact) mass is 428 g/mol. The SMILES string of the molecule is CCn1c(SCC(=O)N2CCC(C)CC2)nc2c3cc(OC)ccc3n(C)c2c1=O. The molecule has 0 unspecified atom stereocenters. The molecule has 0 atom stereocenters. The van der Waals surface area contributed by atoms with Crippen molar-refractivity contribution in [3.05, 3.63) is 28.6 Å². The summed E-state index contributed by atoms with van der Waals surface area (Å²) in [5.41, 5.74) is 2.07. The minimum absolute atomic E-state index is 0.0816. The van der Waals surface area contributed by atoms with Gasteiger partial charge in [0.25, 0.3) is 5.56 Å². The van der Waals surface area contributed by atoms with Gasteiger partial charge in [0, 0.05) is 32.1 Å². The highest BCUT2D eigenvalue weighted by molar-refractivity contribution is 7.99. The number of methoxy groups -OCH3 is 1. The fraction of sp³-hybridized carbons (Fsp3) is 0.500. The van der Waals surface area contributed by atoms with Crippen molar-refractivity contribution in [2.75, 3.05) is 26.0 Å². The number of carbonyl (C=O) groups is 1. The third-order valence-corrected chi connectivity index (χ3v) is 7.00. The van der Waals surface area contributed by atoms with E-state index in [1.165, 1.54) is 11.8 Å². The fourth-order valence-corrected chi connectivity index (χ4v) is 5.08. The Morgan fingerprint density at radius 1 is 1.30 bits per heavy atom. The number of aromatic nitrogens is 3. The van der Waals surface area contributed by atoms with Gasteiger partial charge >= 0.3 is 0 Å². The van der Waals surface area contributed by atoms with Gasteiger partial charge in [0.2, 0.25) is 5.91 Å². The second-order valence-electron chi connectivity index (χ2n) is 7.94. The van der Waals surface area contributed by atoms with E-state index >= 15 is 0 Å². The lowest BCUT2D eigenvalue weighted by Crippen LogP contribution is -2.39. The van der Waals surface area contributed by atoms with Crippen molar-refractivity contribution >= 4 is 39.6 Å². The van der Waals surface area contributed by atoms with E-state index in [1.54, 1.807) is 11.7 Å². The Morgan fingerprint density at radius 3 is 2.70 bits per heavy atom. The highest BCUT2D eigenvalue weighted by Crippen LogP contribution is 2.30. The number of carbonyl (C=O) groups excluding carboxylic acids is 1. The zero-order chi connectivity index (χ0) is 21.4. The summed E-state index contributed by atoms with van der Waals surface area (Å²) in [6.45, 7) is 6.30. The van der Waals surface area contributed by atoms with Gasteiger partial charge in [0.15, 0.2) is 5.16 Å². The molecule has 1 aliphatic rings. The number of ether oxygens (including phenoxy) is 1. The lowest BCUT2D eigenvalue weighted by molar-refractivity contribution is -0.129. The molecule has 3 aromatic rings. The highest BCUT2D eigenvalue weighted by atomic mass is 32.2. The molecule has 2 aromatic heterocycles. The maximum atomic E-state index is 13.3. The van der Waals surface area contributed by atoms with Crippen LogP contribution in [0.25, 0.3) is 21.9 Å². The third kappa shape index (κ3) is 3.57. The number of hydrogen-bond acceptors (Lipinski definition) is 5. The van der Waals surface area contributed by atoms with Gasteiger partial charge in [-0.3, -0.25) is 14.2 Å². The molecule has 1 saturated heterocycles. The molecule has 30 heavy (non-hydrogen) atoms. The number of fused-ring (bicyclic) bond motifs is 3. The number of benzene rings is 1. The average Bonchev–Trinajstić information content (AvgIpc) is 3.04. The lowest BCUT2D eigenvalue weighted by atomic mass is 9.99. The van der Waals surface area contributed by atoms with Crippen molar-refractivity contribution in [2.45, 2.75) is 38.4 Å². The molecule has 0 spiro atoms. The minimum atomic E-state index is -0.0816. The van der Waals surface area contributed by atoms with Gasteiger partial charge in [-0.25, -0.2) is 4.98 Å². The minimum Gasteiger partial charge on any atom is -0.497 e. The zero-order valence-electron chi connectivity index (χ0n) is 18.0. The van der Waals surface area contributed by atoms with Gasteiger partial charge < -0.3 is 14.2 Å². The molecule has 4 rings (SSSR count). The Morgan fingerprint density at radius 2 is 2.03 bits per heavy atom. The first-order valence-corrected chi connectivity index (χ1v) is 11.4. The number of thioether (sulfide) groups is 1. The normalized spacial score (nSPS) is 15.3. The molecule has 160 valence electrons. The van der Waals surface area contributed by atoms with Crippen molar-refractivity contribution < 1.29 is 9.53 Å². The summed E-state index contributed by atoms with van der Waals surface area (Å²) in [7, 11) is 3.51. The van der Waals surface area contributed by atoms with Crippen LogP contribution < -0.4 is 10.3 Å². The molecule has 0 N–H and O–H groups in total. The van der Waals surface area contributed by atoms with E-state index in [1.807, 2.05) is 41.6 Å². The molecule has 0 bridgehead atoms. The number of aryl methyl sites for hydroxylation is 1. The van der Waals surface area contributed by atoms with Crippen LogP contribution in [0.5, 0.6) is 5.75 Å². The van der Waals surface area contributed by atoms with Gasteiger partial charge in [-0.1, -0.05) is 18.7 Å². The van der Waals surface area contributed by atoms with E-state index in [0.717, 1.165) is 42.6 Å². The number of nitrogens with zero attached hydrogens (tertiary/aromatic N) is 4. The van der Waals surface area contributed by atoms with Crippen molar-refractivity contribution in [3.8, 4) is 5.75 Å². The zero-order valence-corrected chi connectivity index (χ0v) is 18.8. The molecule has 1 fully saturated rings. The molecule has 1 aliphatic heterocycles. The van der Waals surface area contributed by atoms with Crippen LogP contribution in [0.4, 0.5) is 0 Å². The summed E-state index contributed by atoms with van der Waals surface area (Å²) in [5, 5.41) is 1.47. The molecule has 0 aliphatic carbocycles. The van der Waals surface area contributed by atoms with Crippen LogP contribution in [-0.4, -0.2) is 50.9 Å². The fourth-order valence-electron chi connectivity index (χ4n) is 4.12. The summed E-state index contributed by atoms with van der Waals surface area (Å²) in [6.07, 6.45) is 2.11. The van der Waals surface area contributed by atoms with E-state index in [2.05, 4.69) is 6.92 Å². The van der Waals surface area contributed by atoms with Gasteiger partial charge in [0.05, 0.1) is 18.4 Å². The summed E-state index contributed by atoms with van der Waals surface area (Å²) in [4.78, 5) is 32.7. The number of likely N-dealkylation sites (tertiary alicyclic amines) is 1. The number of hydrogen-bond donors (Lipinski definition) is 0. The van der Waals surface area contributed by atoms with Crippen LogP contribution in [0.2, 0.25) is 0 Å². The summed E-state index contributed by atoms with van der Waals surface area (Å²) < 4.78 is 8.91. The Kier molecular flexibility index (Phi) is 5.77. The Balaban J connectivity index is 1.71. The molecule has 3 heterocycles. The number of rotatable bonds is 5. The van der Waals surface area contributed by atoms with Crippen LogP contribution in [0.1, 0.15) is 26.7 Å². The molecule has 8 heteroatoms. The van der Waals surface area contributed by atoms with Crippen LogP contribution >= 0.6 is 11.8 Å². The first kappa shape index (κ1) is 20.8. The van der Waals surface area contributed by atoms with Crippen LogP contribution in [0.3, 0.4) is 0 Å². The molecule has 7 nitrogen and oxygen atoms in total. The second-order valence-corrected chi connectivity index (χ2v) is 8.88. The molecule has 1 aromatic carbocycles. The van der Waals surface area contributed by atoms with Crippen molar-refractivity contribution in [3.63, 3.8) is 0 Å². The van der Waals surface area contributed by atoms with Crippen LogP contribution in [0, 0.1) is 5.92 Å². The molecular formula is C22H28N4O3S. The molecule has 1 amide bonds. The van der Waals surface area contributed by atoms with E-state index in [9.17, 15) is 9.59 Å². The summed E-state index contributed by atoms with van der Waals surface area (Å²) in [6, 6.07) is 5.74. The van der Waals surface area contributed by atoms with E-state index < -0.39 is 0 Å². The van der Waals surface area contributed by atoms with Crippen LogP contribution in [0.15, 0.2) is 28.2 Å². The quantitative estimate of drug-likeness (QED) is 0.461. The Hall–Kier alpha value is -2.48. The number of amides is 1. The standard InChI is InChI=1S/C22H28N4O3S/c1-5-26-21(28)20-19(16-12-15(29-4)6-7-17(16)24(20)3)23-22(26)30-13-18(27)25-10-8-14(2)9-11-25/h6-7,12,14H,5,8-11,13H2,1-4H3. The van der Waals surface area contributed by atoms with E-state index in [4.69, 9.17) is 9.72 Å².